The van der Waals surface area contributed by atoms with E-state index >= 15 is 0 Å². The van der Waals surface area contributed by atoms with Crippen molar-refractivity contribution in [3.63, 3.8) is 0 Å². The van der Waals surface area contributed by atoms with Gasteiger partial charge >= 0.3 is 0 Å². The molecule has 0 atom stereocenters. The molecule has 0 unspecified atom stereocenters. The number of carbonyl (C=O) groups excluding carboxylic acids is 1. The first-order valence-corrected chi connectivity index (χ1v) is 7.86. The Morgan fingerprint density at radius 1 is 1.09 bits per heavy atom. The Morgan fingerprint density at radius 2 is 1.78 bits per heavy atom. The van der Waals surface area contributed by atoms with Gasteiger partial charge in [-0.2, -0.15) is 0 Å². The molecule has 0 aliphatic carbocycles. The van der Waals surface area contributed by atoms with Crippen molar-refractivity contribution in [3.05, 3.63) is 52.5 Å². The molecular formula is C17H17Cl2NO3. The Hall–Kier alpha value is -1.91. The lowest BCUT2D eigenvalue weighted by Crippen LogP contribution is -2.13. The number of anilines is 1. The largest absolute Gasteiger partial charge is 0.497 e. The third-order valence-corrected chi connectivity index (χ3v) is 3.64. The smallest absolute Gasteiger partial charge is 0.224 e. The predicted molar refractivity (Wildman–Crippen MR) is 92.8 cm³/mol. The highest BCUT2D eigenvalue weighted by Crippen LogP contribution is 2.25. The minimum Gasteiger partial charge on any atom is -0.497 e. The molecule has 0 saturated heterocycles. The van der Waals surface area contributed by atoms with E-state index in [-0.39, 0.29) is 5.91 Å². The summed E-state index contributed by atoms with van der Waals surface area (Å²) in [6, 6.07) is 12.2. The molecule has 122 valence electrons. The van der Waals surface area contributed by atoms with Gasteiger partial charge in [0.2, 0.25) is 5.91 Å². The topological polar surface area (TPSA) is 47.6 Å². The van der Waals surface area contributed by atoms with Crippen LogP contribution in [-0.2, 0) is 4.79 Å². The van der Waals surface area contributed by atoms with Gasteiger partial charge in [-0.3, -0.25) is 4.79 Å². The van der Waals surface area contributed by atoms with E-state index < -0.39 is 0 Å². The average Bonchev–Trinajstić information content (AvgIpc) is 2.55. The van der Waals surface area contributed by atoms with Gasteiger partial charge in [0, 0.05) is 11.4 Å². The van der Waals surface area contributed by atoms with Gasteiger partial charge < -0.3 is 14.8 Å². The van der Waals surface area contributed by atoms with Crippen molar-refractivity contribution in [1.82, 2.24) is 0 Å². The summed E-state index contributed by atoms with van der Waals surface area (Å²) in [5.74, 6) is 1.38. The van der Waals surface area contributed by atoms with Gasteiger partial charge in [0.1, 0.15) is 11.5 Å². The SMILES string of the molecule is COc1ccc(OCCCC(=O)Nc2cc(Cl)ccc2Cl)cc1. The molecule has 2 aromatic carbocycles. The van der Waals surface area contributed by atoms with E-state index in [4.69, 9.17) is 32.7 Å². The number of methoxy groups -OCH3 is 1. The molecule has 0 heterocycles. The summed E-state index contributed by atoms with van der Waals surface area (Å²) in [5, 5.41) is 3.71. The number of rotatable bonds is 7. The zero-order valence-electron chi connectivity index (χ0n) is 12.6. The molecule has 23 heavy (non-hydrogen) atoms. The molecule has 2 rings (SSSR count). The van der Waals surface area contributed by atoms with Crippen LogP contribution in [0.5, 0.6) is 11.5 Å². The second kappa shape index (κ2) is 8.65. The third-order valence-electron chi connectivity index (χ3n) is 3.08. The highest BCUT2D eigenvalue weighted by atomic mass is 35.5. The van der Waals surface area contributed by atoms with Crippen molar-refractivity contribution < 1.29 is 14.3 Å². The fourth-order valence-electron chi connectivity index (χ4n) is 1.90. The van der Waals surface area contributed by atoms with Crippen molar-refractivity contribution in [3.8, 4) is 11.5 Å². The highest BCUT2D eigenvalue weighted by Gasteiger charge is 2.06. The molecule has 1 amide bonds. The number of hydrogen-bond donors (Lipinski definition) is 1. The molecule has 0 aliphatic heterocycles. The molecule has 4 nitrogen and oxygen atoms in total. The monoisotopic (exact) mass is 353 g/mol. The lowest BCUT2D eigenvalue weighted by Gasteiger charge is -2.09. The molecule has 6 heteroatoms. The maximum absolute atomic E-state index is 11.9. The maximum Gasteiger partial charge on any atom is 0.224 e. The van der Waals surface area contributed by atoms with Crippen molar-refractivity contribution in [2.45, 2.75) is 12.8 Å². The molecular weight excluding hydrogens is 337 g/mol. The van der Waals surface area contributed by atoms with Crippen LogP contribution in [0.25, 0.3) is 0 Å². The number of halogens is 2. The van der Waals surface area contributed by atoms with Gasteiger partial charge in [0.15, 0.2) is 0 Å². The first-order chi connectivity index (χ1) is 11.1. The third kappa shape index (κ3) is 5.66. The first kappa shape index (κ1) is 17.4. The Balaban J connectivity index is 1.73. The van der Waals surface area contributed by atoms with Crippen LogP contribution in [0.2, 0.25) is 10.0 Å². The number of carbonyl (C=O) groups is 1. The average molecular weight is 354 g/mol. The summed E-state index contributed by atoms with van der Waals surface area (Å²) < 4.78 is 10.6. The normalized spacial score (nSPS) is 10.2. The van der Waals surface area contributed by atoms with E-state index in [9.17, 15) is 4.79 Å². The number of hydrogen-bond acceptors (Lipinski definition) is 3. The van der Waals surface area contributed by atoms with Crippen molar-refractivity contribution in [2.75, 3.05) is 19.0 Å². The molecule has 0 fully saturated rings. The first-order valence-electron chi connectivity index (χ1n) is 7.10. The van der Waals surface area contributed by atoms with Crippen molar-refractivity contribution in [2.24, 2.45) is 0 Å². The lowest BCUT2D eigenvalue weighted by molar-refractivity contribution is -0.116. The molecule has 1 N–H and O–H groups in total. The van der Waals surface area contributed by atoms with Crippen LogP contribution in [0.4, 0.5) is 5.69 Å². The molecule has 0 aromatic heterocycles. The van der Waals surface area contributed by atoms with Crippen LogP contribution in [0.15, 0.2) is 42.5 Å². The van der Waals surface area contributed by atoms with E-state index in [0.29, 0.717) is 35.2 Å². The standard InChI is InChI=1S/C17H17Cl2NO3/c1-22-13-5-7-14(8-6-13)23-10-2-3-17(21)20-16-11-12(18)4-9-15(16)19/h4-9,11H,2-3,10H2,1H3,(H,20,21). The van der Waals surface area contributed by atoms with Crippen LogP contribution in [0.1, 0.15) is 12.8 Å². The van der Waals surface area contributed by atoms with Crippen LogP contribution in [0.3, 0.4) is 0 Å². The summed E-state index contributed by atoms with van der Waals surface area (Å²) in [4.78, 5) is 11.9. The van der Waals surface area contributed by atoms with Crippen LogP contribution in [0, 0.1) is 0 Å². The molecule has 0 spiro atoms. The zero-order valence-corrected chi connectivity index (χ0v) is 14.2. The quantitative estimate of drug-likeness (QED) is 0.727. The molecule has 0 aliphatic rings. The molecule has 0 radical (unpaired) electrons. The maximum atomic E-state index is 11.9. The second-order valence-corrected chi connectivity index (χ2v) is 5.64. The minimum absolute atomic E-state index is 0.132. The summed E-state index contributed by atoms with van der Waals surface area (Å²) in [5.41, 5.74) is 0.514. The lowest BCUT2D eigenvalue weighted by atomic mass is 10.2. The second-order valence-electron chi connectivity index (χ2n) is 4.80. The van der Waals surface area contributed by atoms with E-state index in [1.807, 2.05) is 24.3 Å². The fourth-order valence-corrected chi connectivity index (χ4v) is 2.24. The molecule has 0 bridgehead atoms. The van der Waals surface area contributed by atoms with Crippen LogP contribution >= 0.6 is 23.2 Å². The van der Waals surface area contributed by atoms with Gasteiger partial charge in [-0.1, -0.05) is 23.2 Å². The Bertz CT molecular complexity index is 659. The number of nitrogens with one attached hydrogen (secondary N) is 1. The predicted octanol–water partition coefficient (Wildman–Crippen LogP) is 4.80. The summed E-state index contributed by atoms with van der Waals surface area (Å²) in [6.07, 6.45) is 0.926. The van der Waals surface area contributed by atoms with Gasteiger partial charge in [-0.15, -0.1) is 0 Å². The van der Waals surface area contributed by atoms with Crippen LogP contribution in [-0.4, -0.2) is 19.6 Å². The van der Waals surface area contributed by atoms with Gasteiger partial charge in [-0.05, 0) is 48.9 Å². The van der Waals surface area contributed by atoms with Gasteiger partial charge in [0.25, 0.3) is 0 Å². The van der Waals surface area contributed by atoms with E-state index in [0.717, 1.165) is 11.5 Å². The van der Waals surface area contributed by atoms with Gasteiger partial charge in [-0.25, -0.2) is 0 Å². The highest BCUT2D eigenvalue weighted by molar-refractivity contribution is 6.35. The summed E-state index contributed by atoms with van der Waals surface area (Å²) in [6.45, 7) is 0.447. The van der Waals surface area contributed by atoms with Gasteiger partial charge in [0.05, 0.1) is 24.4 Å². The van der Waals surface area contributed by atoms with E-state index in [1.165, 1.54) is 0 Å². The number of ether oxygens (including phenoxy) is 2. The summed E-state index contributed by atoms with van der Waals surface area (Å²) >= 11 is 11.9. The summed E-state index contributed by atoms with van der Waals surface area (Å²) in [7, 11) is 1.61. The number of benzene rings is 2. The van der Waals surface area contributed by atoms with Crippen LogP contribution < -0.4 is 14.8 Å². The molecule has 2 aromatic rings. The number of amides is 1. The van der Waals surface area contributed by atoms with Crippen molar-refractivity contribution >= 4 is 34.8 Å². The molecule has 0 saturated carbocycles. The minimum atomic E-state index is -0.132. The fraction of sp³-hybridized carbons (Fsp3) is 0.235. The van der Waals surface area contributed by atoms with Crippen molar-refractivity contribution in [1.29, 1.82) is 0 Å². The Morgan fingerprint density at radius 3 is 2.48 bits per heavy atom. The zero-order chi connectivity index (χ0) is 16.7. The van der Waals surface area contributed by atoms with E-state index in [1.54, 1.807) is 25.3 Å². The Labute approximate surface area is 145 Å². The van der Waals surface area contributed by atoms with E-state index in [2.05, 4.69) is 5.32 Å². The Kier molecular flexibility index (Phi) is 6.56.